The van der Waals surface area contributed by atoms with E-state index in [0.29, 0.717) is 11.3 Å². The molecule has 8 heteroatoms. The maximum absolute atomic E-state index is 9.40. The fourth-order valence-corrected chi connectivity index (χ4v) is 1.71. The summed E-state index contributed by atoms with van der Waals surface area (Å²) in [5, 5.41) is 18.8. The maximum atomic E-state index is 9.40. The molecule has 1 aromatic carbocycles. The minimum atomic E-state index is -2.21. The molecule has 0 fully saturated rings. The molecule has 18 heavy (non-hydrogen) atoms. The molecule has 0 aromatic heterocycles. The van der Waals surface area contributed by atoms with Crippen LogP contribution in [0.4, 0.5) is 0 Å². The van der Waals surface area contributed by atoms with Gasteiger partial charge in [0.05, 0.1) is 12.7 Å². The molecule has 1 aliphatic rings. The molecule has 0 spiro atoms. The molecule has 1 heterocycles. The van der Waals surface area contributed by atoms with Crippen molar-refractivity contribution >= 4 is 15.7 Å². The SMILES string of the molecule is [B]C(N)(O)Cc1cc2c(cc1OC)OC([B])(O)O2. The van der Waals surface area contributed by atoms with Crippen LogP contribution in [0.3, 0.4) is 0 Å². The Labute approximate surface area is 106 Å². The largest absolute Gasteiger partial charge is 0.496 e. The monoisotopic (exact) mass is 247 g/mol. The van der Waals surface area contributed by atoms with Crippen LogP contribution in [0.1, 0.15) is 5.56 Å². The molecule has 4 radical (unpaired) electrons. The van der Waals surface area contributed by atoms with Gasteiger partial charge in [-0.1, -0.05) is 0 Å². The number of nitrogens with two attached hydrogens (primary N) is 1. The third kappa shape index (κ3) is 2.72. The van der Waals surface area contributed by atoms with Gasteiger partial charge in [-0.2, -0.15) is 0 Å². The Morgan fingerprint density at radius 3 is 2.50 bits per heavy atom. The number of fused-ring (bicyclic) bond motifs is 1. The van der Waals surface area contributed by atoms with Crippen LogP contribution < -0.4 is 19.9 Å². The van der Waals surface area contributed by atoms with E-state index >= 15 is 0 Å². The standard InChI is InChI=1S/C10H11B2NO5/c1-16-6-3-8-7(17-10(12,15)18-8)2-5(6)4-9(11,13)14/h2-3,14-15H,4,13H2,1H3. The quantitative estimate of drug-likeness (QED) is 0.447. The van der Waals surface area contributed by atoms with Crippen molar-refractivity contribution in [2.45, 2.75) is 17.9 Å². The first kappa shape index (κ1) is 13.1. The molecule has 2 rings (SSSR count). The highest BCUT2D eigenvalue weighted by Crippen LogP contribution is 2.42. The van der Waals surface area contributed by atoms with E-state index in [-0.39, 0.29) is 17.9 Å². The number of hydrogen-bond acceptors (Lipinski definition) is 6. The van der Waals surface area contributed by atoms with Gasteiger partial charge in [0.2, 0.25) is 7.85 Å². The number of aliphatic hydroxyl groups is 2. The van der Waals surface area contributed by atoms with E-state index in [1.807, 2.05) is 0 Å². The lowest BCUT2D eigenvalue weighted by Crippen LogP contribution is -2.42. The number of rotatable bonds is 3. The lowest BCUT2D eigenvalue weighted by Gasteiger charge is -2.19. The fourth-order valence-electron chi connectivity index (χ4n) is 1.71. The van der Waals surface area contributed by atoms with Crippen LogP contribution >= 0.6 is 0 Å². The molecule has 0 amide bonds. The highest BCUT2D eigenvalue weighted by Gasteiger charge is 2.35. The predicted molar refractivity (Wildman–Crippen MR) is 63.5 cm³/mol. The summed E-state index contributed by atoms with van der Waals surface area (Å²) in [5.74, 6) is -1.41. The minimum Gasteiger partial charge on any atom is -0.496 e. The Hall–Kier alpha value is -1.37. The smallest absolute Gasteiger partial charge is 0.302 e. The van der Waals surface area contributed by atoms with Crippen LogP contribution in [0.15, 0.2) is 12.1 Å². The Morgan fingerprint density at radius 2 is 2.00 bits per heavy atom. The van der Waals surface area contributed by atoms with E-state index in [2.05, 4.69) is 0 Å². The molecular weight excluding hydrogens is 236 g/mol. The minimum absolute atomic E-state index is 0.0736. The second-order valence-electron chi connectivity index (χ2n) is 4.11. The molecule has 0 aliphatic carbocycles. The third-order valence-electron chi connectivity index (χ3n) is 2.33. The zero-order valence-electron chi connectivity index (χ0n) is 9.71. The molecule has 0 saturated heterocycles. The van der Waals surface area contributed by atoms with Gasteiger partial charge < -0.3 is 30.2 Å². The zero-order chi connectivity index (χ0) is 13.6. The van der Waals surface area contributed by atoms with Crippen molar-refractivity contribution in [1.82, 2.24) is 0 Å². The Balaban J connectivity index is 2.38. The lowest BCUT2D eigenvalue weighted by atomic mass is 9.85. The van der Waals surface area contributed by atoms with E-state index in [0.717, 1.165) is 0 Å². The van der Waals surface area contributed by atoms with E-state index in [4.69, 9.17) is 35.6 Å². The van der Waals surface area contributed by atoms with Gasteiger partial charge in [0.25, 0.3) is 0 Å². The Bertz CT molecular complexity index is 472. The number of ether oxygens (including phenoxy) is 3. The van der Waals surface area contributed by atoms with E-state index < -0.39 is 11.5 Å². The second-order valence-corrected chi connectivity index (χ2v) is 4.11. The molecule has 2 unspecified atom stereocenters. The molecule has 6 nitrogen and oxygen atoms in total. The van der Waals surface area contributed by atoms with Crippen LogP contribution in [0, 0.1) is 0 Å². The van der Waals surface area contributed by atoms with E-state index in [1.54, 1.807) is 0 Å². The van der Waals surface area contributed by atoms with Crippen molar-refractivity contribution in [3.8, 4) is 17.2 Å². The molecule has 1 aliphatic heterocycles. The summed E-state index contributed by atoms with van der Waals surface area (Å²) >= 11 is 0. The van der Waals surface area contributed by atoms with Crippen molar-refractivity contribution in [2.24, 2.45) is 5.73 Å². The van der Waals surface area contributed by atoms with Crippen LogP contribution in [0.2, 0.25) is 0 Å². The van der Waals surface area contributed by atoms with Crippen LogP contribution in [-0.2, 0) is 6.42 Å². The zero-order valence-corrected chi connectivity index (χ0v) is 9.71. The number of hydrogen-bond donors (Lipinski definition) is 3. The lowest BCUT2D eigenvalue weighted by molar-refractivity contribution is -0.178. The van der Waals surface area contributed by atoms with Crippen LogP contribution in [0.5, 0.6) is 17.2 Å². The first-order chi connectivity index (χ1) is 8.20. The highest BCUT2D eigenvalue weighted by atomic mass is 16.8. The van der Waals surface area contributed by atoms with Gasteiger partial charge in [-0.25, -0.2) is 0 Å². The summed E-state index contributed by atoms with van der Waals surface area (Å²) in [4.78, 5) is 0. The molecular formula is C10H11B2NO5. The first-order valence-corrected chi connectivity index (χ1v) is 5.10. The topological polar surface area (TPSA) is 94.2 Å². The van der Waals surface area contributed by atoms with Crippen molar-refractivity contribution in [3.05, 3.63) is 17.7 Å². The Morgan fingerprint density at radius 1 is 1.44 bits per heavy atom. The fraction of sp³-hybridized carbons (Fsp3) is 0.400. The molecule has 92 valence electrons. The summed E-state index contributed by atoms with van der Waals surface area (Å²) < 4.78 is 15.0. The van der Waals surface area contributed by atoms with Crippen LogP contribution in [-0.4, -0.2) is 44.5 Å². The van der Waals surface area contributed by atoms with Gasteiger partial charge in [0, 0.05) is 18.1 Å². The van der Waals surface area contributed by atoms with E-state index in [1.165, 1.54) is 19.2 Å². The van der Waals surface area contributed by atoms with Crippen molar-refractivity contribution in [1.29, 1.82) is 0 Å². The van der Waals surface area contributed by atoms with Gasteiger partial charge in [0.15, 0.2) is 11.5 Å². The summed E-state index contributed by atoms with van der Waals surface area (Å²) in [5.41, 5.74) is 3.92. The summed E-state index contributed by atoms with van der Waals surface area (Å²) in [6, 6.07) is 2.94. The molecule has 0 saturated carbocycles. The normalized spacial score (nSPS) is 24.7. The summed E-state index contributed by atoms with van der Waals surface area (Å²) in [7, 11) is 12.0. The third-order valence-corrected chi connectivity index (χ3v) is 2.33. The number of methoxy groups -OCH3 is 1. The second kappa shape index (κ2) is 4.08. The average Bonchev–Trinajstić information content (AvgIpc) is 2.47. The average molecular weight is 247 g/mol. The van der Waals surface area contributed by atoms with Gasteiger partial charge in [-0.3, -0.25) is 0 Å². The van der Waals surface area contributed by atoms with Crippen molar-refractivity contribution in [2.75, 3.05) is 7.11 Å². The molecule has 1 aromatic rings. The van der Waals surface area contributed by atoms with Gasteiger partial charge in [-0.15, -0.1) is 0 Å². The molecule has 0 bridgehead atoms. The Kier molecular flexibility index (Phi) is 2.96. The first-order valence-electron chi connectivity index (χ1n) is 5.10. The molecule has 4 N–H and O–H groups in total. The van der Waals surface area contributed by atoms with Crippen molar-refractivity contribution < 1.29 is 24.4 Å². The molecule has 2 atom stereocenters. The van der Waals surface area contributed by atoms with Crippen LogP contribution in [0.25, 0.3) is 0 Å². The predicted octanol–water partition coefficient (Wildman–Crippen LogP) is -1.45. The number of benzene rings is 1. The highest BCUT2D eigenvalue weighted by molar-refractivity contribution is 6.14. The summed E-state index contributed by atoms with van der Waals surface area (Å²) in [6.07, 6.45) is -0.0736. The van der Waals surface area contributed by atoms with Gasteiger partial charge in [-0.05, 0) is 6.07 Å². The van der Waals surface area contributed by atoms with Gasteiger partial charge in [0.1, 0.15) is 13.6 Å². The van der Waals surface area contributed by atoms with Crippen molar-refractivity contribution in [3.63, 3.8) is 0 Å². The maximum Gasteiger partial charge on any atom is 0.302 e. The van der Waals surface area contributed by atoms with E-state index in [9.17, 15) is 10.2 Å². The van der Waals surface area contributed by atoms with Gasteiger partial charge >= 0.3 is 5.87 Å². The summed E-state index contributed by atoms with van der Waals surface area (Å²) in [6.45, 7) is 0.